The average Bonchev–Trinajstić information content (AvgIpc) is 3.22. The molecule has 0 radical (unpaired) electrons. The number of carbonyl (C=O) groups is 2. The molecule has 2 N–H and O–H groups in total. The summed E-state index contributed by atoms with van der Waals surface area (Å²) >= 11 is 0. The van der Waals surface area contributed by atoms with Crippen LogP contribution in [0.4, 0.5) is 15.8 Å². The lowest BCUT2D eigenvalue weighted by Crippen LogP contribution is -2.25. The summed E-state index contributed by atoms with van der Waals surface area (Å²) in [5.74, 6) is -0.708. The number of fused-ring (bicyclic) bond motifs is 1. The highest BCUT2D eigenvalue weighted by atomic mass is 19.1. The molecule has 0 unspecified atom stereocenters. The van der Waals surface area contributed by atoms with Crippen LogP contribution in [0.25, 0.3) is 10.9 Å². The van der Waals surface area contributed by atoms with E-state index in [0.29, 0.717) is 35.2 Å². The molecule has 1 fully saturated rings. The minimum Gasteiger partial charge on any atom is -0.350 e. The van der Waals surface area contributed by atoms with Crippen LogP contribution < -0.4 is 10.2 Å². The van der Waals surface area contributed by atoms with Crippen LogP contribution >= 0.6 is 0 Å². The SMILES string of the molecule is O=C(Nc1ccccc1N1CCCC1=O)c1cc2c(F)cccc2[nH]1. The Morgan fingerprint density at radius 3 is 2.76 bits per heavy atom. The second-order valence-electron chi connectivity index (χ2n) is 6.00. The molecule has 126 valence electrons. The van der Waals surface area contributed by atoms with Gasteiger partial charge < -0.3 is 15.2 Å². The Labute approximate surface area is 143 Å². The number of nitrogens with one attached hydrogen (secondary N) is 2. The van der Waals surface area contributed by atoms with Gasteiger partial charge in [-0.3, -0.25) is 9.59 Å². The summed E-state index contributed by atoms with van der Waals surface area (Å²) < 4.78 is 13.8. The van der Waals surface area contributed by atoms with Crippen LogP contribution in [0, 0.1) is 5.82 Å². The maximum Gasteiger partial charge on any atom is 0.272 e. The smallest absolute Gasteiger partial charge is 0.272 e. The number of rotatable bonds is 3. The molecule has 0 atom stereocenters. The van der Waals surface area contributed by atoms with E-state index in [9.17, 15) is 14.0 Å². The van der Waals surface area contributed by atoms with Crippen LogP contribution in [0.15, 0.2) is 48.5 Å². The van der Waals surface area contributed by atoms with E-state index in [1.54, 1.807) is 29.2 Å². The number of halogens is 1. The van der Waals surface area contributed by atoms with E-state index in [2.05, 4.69) is 10.3 Å². The number of anilines is 2. The van der Waals surface area contributed by atoms with Gasteiger partial charge in [0.25, 0.3) is 5.91 Å². The maximum atomic E-state index is 13.8. The first-order valence-electron chi connectivity index (χ1n) is 8.11. The van der Waals surface area contributed by atoms with Gasteiger partial charge in [0.1, 0.15) is 11.5 Å². The van der Waals surface area contributed by atoms with E-state index in [1.807, 2.05) is 12.1 Å². The van der Waals surface area contributed by atoms with Crippen molar-refractivity contribution in [1.29, 1.82) is 0 Å². The van der Waals surface area contributed by atoms with Crippen LogP contribution in [0.3, 0.4) is 0 Å². The predicted molar refractivity (Wildman–Crippen MR) is 94.2 cm³/mol. The number of H-pyrrole nitrogens is 1. The number of aromatic nitrogens is 1. The quantitative estimate of drug-likeness (QED) is 0.765. The van der Waals surface area contributed by atoms with Crippen LogP contribution in [0.2, 0.25) is 0 Å². The van der Waals surface area contributed by atoms with Gasteiger partial charge >= 0.3 is 0 Å². The van der Waals surface area contributed by atoms with Crippen molar-refractivity contribution in [2.75, 3.05) is 16.8 Å². The van der Waals surface area contributed by atoms with Crippen molar-refractivity contribution >= 4 is 34.1 Å². The molecule has 2 aromatic carbocycles. The normalized spacial score (nSPS) is 14.3. The summed E-state index contributed by atoms with van der Waals surface area (Å²) in [6.07, 6.45) is 1.33. The van der Waals surface area contributed by atoms with E-state index in [1.165, 1.54) is 12.1 Å². The predicted octanol–water partition coefficient (Wildman–Crippen LogP) is 3.69. The maximum absolute atomic E-state index is 13.8. The van der Waals surface area contributed by atoms with Gasteiger partial charge in [-0.25, -0.2) is 4.39 Å². The molecule has 5 nitrogen and oxygen atoms in total. The van der Waals surface area contributed by atoms with Gasteiger partial charge in [-0.05, 0) is 36.8 Å². The molecule has 0 saturated carbocycles. The molecule has 2 amide bonds. The molecule has 0 spiro atoms. The Hall–Kier alpha value is -3.15. The van der Waals surface area contributed by atoms with Gasteiger partial charge in [0, 0.05) is 23.9 Å². The number of carbonyl (C=O) groups excluding carboxylic acids is 2. The van der Waals surface area contributed by atoms with Gasteiger partial charge in [0.2, 0.25) is 5.91 Å². The monoisotopic (exact) mass is 337 g/mol. The Morgan fingerprint density at radius 1 is 1.16 bits per heavy atom. The summed E-state index contributed by atoms with van der Waals surface area (Å²) in [5.41, 5.74) is 2.07. The first-order chi connectivity index (χ1) is 12.1. The number of hydrogen-bond donors (Lipinski definition) is 2. The third kappa shape index (κ3) is 2.76. The first kappa shape index (κ1) is 15.4. The first-order valence-corrected chi connectivity index (χ1v) is 8.11. The van der Waals surface area contributed by atoms with E-state index < -0.39 is 0 Å². The second kappa shape index (κ2) is 6.05. The summed E-state index contributed by atoms with van der Waals surface area (Å²) in [5, 5.41) is 3.19. The van der Waals surface area contributed by atoms with Gasteiger partial charge in [-0.1, -0.05) is 18.2 Å². The molecular formula is C19H16FN3O2. The molecular weight excluding hydrogens is 321 g/mol. The Balaban J connectivity index is 1.64. The topological polar surface area (TPSA) is 65.2 Å². The van der Waals surface area contributed by atoms with Gasteiger partial charge in [0.05, 0.1) is 11.4 Å². The molecule has 1 aromatic heterocycles. The molecule has 1 aliphatic rings. The van der Waals surface area contributed by atoms with Crippen LogP contribution in [-0.2, 0) is 4.79 Å². The van der Waals surface area contributed by atoms with E-state index in [0.717, 1.165) is 6.42 Å². The molecule has 1 saturated heterocycles. The van der Waals surface area contributed by atoms with Crippen molar-refractivity contribution in [2.45, 2.75) is 12.8 Å². The highest BCUT2D eigenvalue weighted by Crippen LogP contribution is 2.30. The molecule has 25 heavy (non-hydrogen) atoms. The fourth-order valence-corrected chi connectivity index (χ4v) is 3.15. The Bertz CT molecular complexity index is 980. The summed E-state index contributed by atoms with van der Waals surface area (Å²) in [4.78, 5) is 29.2. The minimum absolute atomic E-state index is 0.0504. The zero-order chi connectivity index (χ0) is 17.4. The van der Waals surface area contributed by atoms with Gasteiger partial charge in [-0.2, -0.15) is 0 Å². The van der Waals surface area contributed by atoms with Crippen molar-refractivity contribution < 1.29 is 14.0 Å². The fraction of sp³-hybridized carbons (Fsp3) is 0.158. The highest BCUT2D eigenvalue weighted by molar-refractivity contribution is 6.09. The number of nitrogens with zero attached hydrogens (tertiary/aromatic N) is 1. The van der Waals surface area contributed by atoms with E-state index in [4.69, 9.17) is 0 Å². The lowest BCUT2D eigenvalue weighted by Gasteiger charge is -2.19. The van der Waals surface area contributed by atoms with Gasteiger partial charge in [-0.15, -0.1) is 0 Å². The fourth-order valence-electron chi connectivity index (χ4n) is 3.15. The molecule has 1 aliphatic heterocycles. The summed E-state index contributed by atoms with van der Waals surface area (Å²) in [6.45, 7) is 0.642. The number of benzene rings is 2. The second-order valence-corrected chi connectivity index (χ2v) is 6.00. The third-order valence-electron chi connectivity index (χ3n) is 4.37. The largest absolute Gasteiger partial charge is 0.350 e. The standard InChI is InChI=1S/C19H16FN3O2/c20-13-5-3-7-14-12(13)11-16(21-14)19(25)22-15-6-1-2-8-17(15)23-10-4-9-18(23)24/h1-3,5-8,11,21H,4,9-10H2,(H,22,25). The number of aromatic amines is 1. The zero-order valence-corrected chi connectivity index (χ0v) is 13.4. The minimum atomic E-state index is -0.380. The number of para-hydroxylation sites is 2. The molecule has 4 rings (SSSR count). The van der Waals surface area contributed by atoms with Crippen LogP contribution in [0.1, 0.15) is 23.3 Å². The Kier molecular flexibility index (Phi) is 3.72. The van der Waals surface area contributed by atoms with Crippen molar-refractivity contribution in [3.8, 4) is 0 Å². The van der Waals surface area contributed by atoms with Crippen molar-refractivity contribution in [1.82, 2.24) is 4.98 Å². The lowest BCUT2D eigenvalue weighted by atomic mass is 10.2. The third-order valence-corrected chi connectivity index (χ3v) is 4.37. The molecule has 3 aromatic rings. The van der Waals surface area contributed by atoms with Gasteiger partial charge in [0.15, 0.2) is 0 Å². The highest BCUT2D eigenvalue weighted by Gasteiger charge is 2.24. The number of hydrogen-bond acceptors (Lipinski definition) is 2. The average molecular weight is 337 g/mol. The van der Waals surface area contributed by atoms with Crippen LogP contribution in [-0.4, -0.2) is 23.3 Å². The Morgan fingerprint density at radius 2 is 2.00 bits per heavy atom. The van der Waals surface area contributed by atoms with E-state index >= 15 is 0 Å². The van der Waals surface area contributed by atoms with E-state index in [-0.39, 0.29) is 23.3 Å². The lowest BCUT2D eigenvalue weighted by molar-refractivity contribution is -0.117. The molecule has 6 heteroatoms. The summed E-state index contributed by atoms with van der Waals surface area (Å²) in [7, 11) is 0. The van der Waals surface area contributed by atoms with Crippen molar-refractivity contribution in [2.24, 2.45) is 0 Å². The molecule has 0 bridgehead atoms. The zero-order valence-electron chi connectivity index (χ0n) is 13.4. The molecule has 2 heterocycles. The van der Waals surface area contributed by atoms with Crippen molar-refractivity contribution in [3.63, 3.8) is 0 Å². The summed E-state index contributed by atoms with van der Waals surface area (Å²) in [6, 6.07) is 13.3. The van der Waals surface area contributed by atoms with Crippen LogP contribution in [0.5, 0.6) is 0 Å². The van der Waals surface area contributed by atoms with Crippen molar-refractivity contribution in [3.05, 3.63) is 60.0 Å². The number of amides is 2. The molecule has 0 aliphatic carbocycles.